The Morgan fingerprint density at radius 3 is 2.93 bits per heavy atom. The van der Waals surface area contributed by atoms with Gasteiger partial charge in [-0.15, -0.1) is 0 Å². The molecule has 0 aliphatic carbocycles. The molecule has 0 spiro atoms. The van der Waals surface area contributed by atoms with Crippen LogP contribution in [-0.4, -0.2) is 34.8 Å². The maximum atomic E-state index is 12.3. The van der Waals surface area contributed by atoms with Gasteiger partial charge in [-0.3, -0.25) is 4.98 Å². The Morgan fingerprint density at radius 1 is 1.30 bits per heavy atom. The minimum Gasteiger partial charge on any atom is -0.493 e. The largest absolute Gasteiger partial charge is 0.493 e. The second kappa shape index (κ2) is 8.61. The Labute approximate surface area is 155 Å². The lowest BCUT2D eigenvalue weighted by atomic mass is 10.2. The van der Waals surface area contributed by atoms with Crippen LogP contribution in [0.15, 0.2) is 59.9 Å². The van der Waals surface area contributed by atoms with Gasteiger partial charge in [0.2, 0.25) is 5.82 Å². The summed E-state index contributed by atoms with van der Waals surface area (Å²) in [7, 11) is 1.49. The summed E-state index contributed by atoms with van der Waals surface area (Å²) in [5.41, 5.74) is 1.02. The van der Waals surface area contributed by atoms with Crippen LogP contribution in [-0.2, 0) is 11.3 Å². The summed E-state index contributed by atoms with van der Waals surface area (Å²) in [5, 5.41) is 3.84. The van der Waals surface area contributed by atoms with E-state index in [9.17, 15) is 4.79 Å². The van der Waals surface area contributed by atoms with Crippen molar-refractivity contribution in [2.75, 3.05) is 13.7 Å². The molecule has 0 unspecified atom stereocenters. The molecule has 8 heteroatoms. The van der Waals surface area contributed by atoms with Crippen molar-refractivity contribution in [3.05, 3.63) is 66.8 Å². The molecular formula is C19H17N3O5. The monoisotopic (exact) mass is 367 g/mol. The van der Waals surface area contributed by atoms with E-state index in [2.05, 4.69) is 21.7 Å². The minimum absolute atomic E-state index is 0.150. The van der Waals surface area contributed by atoms with Gasteiger partial charge in [0.05, 0.1) is 12.7 Å². The van der Waals surface area contributed by atoms with Gasteiger partial charge in [0.1, 0.15) is 6.61 Å². The van der Waals surface area contributed by atoms with Crippen molar-refractivity contribution >= 4 is 5.97 Å². The first kappa shape index (κ1) is 18.1. The number of aromatic nitrogens is 3. The molecule has 1 aromatic carbocycles. The van der Waals surface area contributed by atoms with E-state index >= 15 is 0 Å². The third-order valence-corrected chi connectivity index (χ3v) is 3.47. The average Bonchev–Trinajstić information content (AvgIpc) is 3.20. The van der Waals surface area contributed by atoms with Crippen molar-refractivity contribution in [3.63, 3.8) is 0 Å². The van der Waals surface area contributed by atoms with Crippen molar-refractivity contribution in [1.82, 2.24) is 15.1 Å². The van der Waals surface area contributed by atoms with E-state index in [0.717, 1.165) is 0 Å². The second-order valence-corrected chi connectivity index (χ2v) is 5.29. The van der Waals surface area contributed by atoms with Crippen LogP contribution in [0.2, 0.25) is 0 Å². The number of hydrogen-bond acceptors (Lipinski definition) is 8. The van der Waals surface area contributed by atoms with Gasteiger partial charge in [-0.05, 0) is 30.3 Å². The highest BCUT2D eigenvalue weighted by molar-refractivity contribution is 5.90. The maximum absolute atomic E-state index is 12.3. The zero-order chi connectivity index (χ0) is 19.1. The zero-order valence-corrected chi connectivity index (χ0v) is 14.6. The van der Waals surface area contributed by atoms with Crippen LogP contribution in [0.25, 0.3) is 11.4 Å². The van der Waals surface area contributed by atoms with Gasteiger partial charge >= 0.3 is 5.97 Å². The van der Waals surface area contributed by atoms with Crippen LogP contribution in [0.3, 0.4) is 0 Å². The molecule has 0 aliphatic heterocycles. The first-order valence-corrected chi connectivity index (χ1v) is 8.03. The van der Waals surface area contributed by atoms with Gasteiger partial charge in [-0.1, -0.05) is 17.8 Å². The molecular weight excluding hydrogens is 350 g/mol. The maximum Gasteiger partial charge on any atom is 0.338 e. The first-order valence-electron chi connectivity index (χ1n) is 8.03. The summed E-state index contributed by atoms with van der Waals surface area (Å²) in [6.45, 7) is 3.77. The van der Waals surface area contributed by atoms with Gasteiger partial charge in [-0.2, -0.15) is 4.98 Å². The van der Waals surface area contributed by atoms with E-state index in [4.69, 9.17) is 18.7 Å². The number of esters is 1. The Morgan fingerprint density at radius 2 is 2.19 bits per heavy atom. The molecule has 0 bridgehead atoms. The third-order valence-electron chi connectivity index (χ3n) is 3.47. The summed E-state index contributed by atoms with van der Waals surface area (Å²) in [6, 6.07) is 8.32. The molecule has 8 nitrogen and oxygen atoms in total. The van der Waals surface area contributed by atoms with Crippen LogP contribution < -0.4 is 9.47 Å². The lowest BCUT2D eigenvalue weighted by molar-refractivity contribution is 0.0429. The number of rotatable bonds is 8. The predicted molar refractivity (Wildman–Crippen MR) is 95.3 cm³/mol. The van der Waals surface area contributed by atoms with E-state index in [0.29, 0.717) is 35.1 Å². The fourth-order valence-corrected chi connectivity index (χ4v) is 2.20. The molecule has 0 aliphatic rings. The van der Waals surface area contributed by atoms with Crippen molar-refractivity contribution in [2.24, 2.45) is 0 Å². The van der Waals surface area contributed by atoms with Gasteiger partial charge in [0.25, 0.3) is 5.89 Å². The summed E-state index contributed by atoms with van der Waals surface area (Å²) in [5.74, 6) is 0.930. The molecule has 2 aromatic heterocycles. The molecule has 3 aromatic rings. The molecule has 0 amide bonds. The minimum atomic E-state index is -0.551. The van der Waals surface area contributed by atoms with E-state index in [1.165, 1.54) is 13.2 Å². The number of carbonyl (C=O) groups is 1. The first-order chi connectivity index (χ1) is 13.2. The summed E-state index contributed by atoms with van der Waals surface area (Å²) < 4.78 is 21.0. The van der Waals surface area contributed by atoms with Crippen LogP contribution >= 0.6 is 0 Å². The van der Waals surface area contributed by atoms with Crippen molar-refractivity contribution in [2.45, 2.75) is 6.61 Å². The Balaban J connectivity index is 1.64. The van der Waals surface area contributed by atoms with Crippen LogP contribution in [0.1, 0.15) is 16.2 Å². The lowest BCUT2D eigenvalue weighted by Gasteiger charge is -2.10. The standard InChI is InChI=1S/C19H17N3O5/c1-3-9-25-15-7-6-13(10-16(15)24-2)19(23)26-12-17-21-18(22-27-17)14-5-4-8-20-11-14/h3-8,10-11H,1,9,12H2,2H3. The van der Waals surface area contributed by atoms with Gasteiger partial charge in [-0.25, -0.2) is 4.79 Å². The summed E-state index contributed by atoms with van der Waals surface area (Å²) in [4.78, 5) is 20.4. The number of benzene rings is 1. The molecule has 3 rings (SSSR count). The molecule has 0 fully saturated rings. The Kier molecular flexibility index (Phi) is 5.78. The highest BCUT2D eigenvalue weighted by atomic mass is 16.6. The van der Waals surface area contributed by atoms with Crippen molar-refractivity contribution in [3.8, 4) is 22.9 Å². The lowest BCUT2D eigenvalue weighted by Crippen LogP contribution is -2.06. The number of hydrogen-bond donors (Lipinski definition) is 0. The van der Waals surface area contributed by atoms with E-state index in [1.807, 2.05) is 0 Å². The quantitative estimate of drug-likeness (QED) is 0.443. The van der Waals surface area contributed by atoms with E-state index in [-0.39, 0.29) is 12.5 Å². The normalized spacial score (nSPS) is 10.3. The van der Waals surface area contributed by atoms with E-state index < -0.39 is 5.97 Å². The van der Waals surface area contributed by atoms with Gasteiger partial charge in [0.15, 0.2) is 18.1 Å². The molecule has 0 N–H and O–H groups in total. The number of ether oxygens (including phenoxy) is 3. The van der Waals surface area contributed by atoms with Crippen molar-refractivity contribution < 1.29 is 23.5 Å². The van der Waals surface area contributed by atoms with Crippen LogP contribution in [0.4, 0.5) is 0 Å². The fourth-order valence-electron chi connectivity index (χ4n) is 2.20. The average molecular weight is 367 g/mol. The molecule has 2 heterocycles. The number of nitrogens with zero attached hydrogens (tertiary/aromatic N) is 3. The van der Waals surface area contributed by atoms with Gasteiger partial charge < -0.3 is 18.7 Å². The smallest absolute Gasteiger partial charge is 0.338 e. The molecule has 0 saturated heterocycles. The predicted octanol–water partition coefficient (Wildman–Crippen LogP) is 3.06. The van der Waals surface area contributed by atoms with E-state index in [1.54, 1.807) is 42.7 Å². The molecule has 0 saturated carbocycles. The van der Waals surface area contributed by atoms with Gasteiger partial charge in [0, 0.05) is 18.0 Å². The second-order valence-electron chi connectivity index (χ2n) is 5.29. The Hall–Kier alpha value is -3.68. The molecule has 138 valence electrons. The topological polar surface area (TPSA) is 96.6 Å². The Bertz CT molecular complexity index is 924. The fraction of sp³-hybridized carbons (Fsp3) is 0.158. The molecule has 0 atom stereocenters. The summed E-state index contributed by atoms with van der Waals surface area (Å²) >= 11 is 0. The van der Waals surface area contributed by atoms with Crippen LogP contribution in [0, 0.1) is 0 Å². The molecule has 27 heavy (non-hydrogen) atoms. The number of pyridine rings is 1. The molecule has 0 radical (unpaired) electrons. The number of carbonyl (C=O) groups excluding carboxylic acids is 1. The summed E-state index contributed by atoms with van der Waals surface area (Å²) in [6.07, 6.45) is 4.88. The highest BCUT2D eigenvalue weighted by Crippen LogP contribution is 2.28. The third kappa shape index (κ3) is 4.49. The highest BCUT2D eigenvalue weighted by Gasteiger charge is 2.15. The number of methoxy groups -OCH3 is 1. The van der Waals surface area contributed by atoms with Crippen molar-refractivity contribution in [1.29, 1.82) is 0 Å². The van der Waals surface area contributed by atoms with Crippen LogP contribution in [0.5, 0.6) is 11.5 Å². The SMILES string of the molecule is C=CCOc1ccc(C(=O)OCc2nc(-c3cccnc3)no2)cc1OC. The zero-order valence-electron chi connectivity index (χ0n) is 14.6.